The fourth-order valence-corrected chi connectivity index (χ4v) is 4.57. The van der Waals surface area contributed by atoms with E-state index in [1.165, 1.54) is 6.92 Å². The SMILES string of the molecule is C[C@@H](O)[C@H](NC(=O)C(NC(=O)OCC1c2ccccc2-c2ccccc21)C1CCC1)C(=O)O. The van der Waals surface area contributed by atoms with Crippen LogP contribution in [0, 0.1) is 5.92 Å². The van der Waals surface area contributed by atoms with Gasteiger partial charge in [0.15, 0.2) is 6.04 Å². The highest BCUT2D eigenvalue weighted by molar-refractivity contribution is 5.90. The van der Waals surface area contributed by atoms with Crippen molar-refractivity contribution >= 4 is 18.0 Å². The van der Waals surface area contributed by atoms with Crippen molar-refractivity contribution in [3.05, 3.63) is 59.7 Å². The second-order valence-corrected chi connectivity index (χ2v) is 8.70. The van der Waals surface area contributed by atoms with Gasteiger partial charge < -0.3 is 25.6 Å². The van der Waals surface area contributed by atoms with Gasteiger partial charge in [-0.05, 0) is 47.9 Å². The maximum atomic E-state index is 12.8. The van der Waals surface area contributed by atoms with Crippen molar-refractivity contribution in [1.82, 2.24) is 10.6 Å². The summed E-state index contributed by atoms with van der Waals surface area (Å²) >= 11 is 0. The number of amides is 2. The molecule has 0 aliphatic heterocycles. The van der Waals surface area contributed by atoms with E-state index in [4.69, 9.17) is 4.74 Å². The monoisotopic (exact) mass is 452 g/mol. The summed E-state index contributed by atoms with van der Waals surface area (Å²) in [6, 6.07) is 13.6. The minimum Gasteiger partial charge on any atom is -0.480 e. The first-order valence-corrected chi connectivity index (χ1v) is 11.2. The molecule has 4 N–H and O–H groups in total. The zero-order valence-corrected chi connectivity index (χ0v) is 18.4. The third-order valence-corrected chi connectivity index (χ3v) is 6.57. The summed E-state index contributed by atoms with van der Waals surface area (Å²) in [7, 11) is 0. The molecule has 1 fully saturated rings. The lowest BCUT2D eigenvalue weighted by Gasteiger charge is -2.34. The Morgan fingerprint density at radius 3 is 2.06 bits per heavy atom. The third-order valence-electron chi connectivity index (χ3n) is 6.57. The molecule has 2 amide bonds. The van der Waals surface area contributed by atoms with Gasteiger partial charge in [0.25, 0.3) is 0 Å². The van der Waals surface area contributed by atoms with E-state index in [2.05, 4.69) is 10.6 Å². The first-order chi connectivity index (χ1) is 15.9. The van der Waals surface area contributed by atoms with Crippen molar-refractivity contribution in [3.63, 3.8) is 0 Å². The van der Waals surface area contributed by atoms with Gasteiger partial charge in [0.05, 0.1) is 6.10 Å². The van der Waals surface area contributed by atoms with Crippen molar-refractivity contribution in [2.45, 2.75) is 50.3 Å². The van der Waals surface area contributed by atoms with E-state index in [0.717, 1.165) is 41.5 Å². The number of carbonyl (C=O) groups excluding carboxylic acids is 2. The zero-order valence-electron chi connectivity index (χ0n) is 18.4. The van der Waals surface area contributed by atoms with E-state index in [9.17, 15) is 24.6 Å². The normalized spacial score (nSPS) is 17.6. The molecule has 8 heteroatoms. The molecule has 33 heavy (non-hydrogen) atoms. The van der Waals surface area contributed by atoms with Gasteiger partial charge in [0, 0.05) is 5.92 Å². The molecule has 2 aliphatic carbocycles. The van der Waals surface area contributed by atoms with Gasteiger partial charge >= 0.3 is 12.1 Å². The average Bonchev–Trinajstić information content (AvgIpc) is 3.07. The lowest BCUT2D eigenvalue weighted by Crippen LogP contribution is -2.57. The zero-order chi connectivity index (χ0) is 23.5. The van der Waals surface area contributed by atoms with Crippen LogP contribution in [0.3, 0.4) is 0 Å². The van der Waals surface area contributed by atoms with Gasteiger partial charge in [-0.15, -0.1) is 0 Å². The molecule has 0 spiro atoms. The predicted octanol–water partition coefficient (Wildman–Crippen LogP) is 2.64. The Labute approximate surface area is 192 Å². The van der Waals surface area contributed by atoms with Crippen LogP contribution in [0.4, 0.5) is 4.79 Å². The number of aliphatic hydroxyl groups is 1. The molecule has 174 valence electrons. The van der Waals surface area contributed by atoms with Crippen LogP contribution < -0.4 is 10.6 Å². The van der Waals surface area contributed by atoms with E-state index >= 15 is 0 Å². The van der Waals surface area contributed by atoms with E-state index in [1.807, 2.05) is 48.5 Å². The summed E-state index contributed by atoms with van der Waals surface area (Å²) in [4.78, 5) is 36.8. The van der Waals surface area contributed by atoms with Gasteiger partial charge in [0.2, 0.25) is 5.91 Å². The molecular weight excluding hydrogens is 424 g/mol. The number of aliphatic carboxylic acids is 1. The number of hydrogen-bond acceptors (Lipinski definition) is 5. The summed E-state index contributed by atoms with van der Waals surface area (Å²) in [5.41, 5.74) is 4.40. The van der Waals surface area contributed by atoms with Crippen molar-refractivity contribution in [1.29, 1.82) is 0 Å². The summed E-state index contributed by atoms with van der Waals surface area (Å²) in [5, 5.41) is 23.9. The Hall–Kier alpha value is -3.39. The molecule has 2 aromatic rings. The van der Waals surface area contributed by atoms with Crippen LogP contribution >= 0.6 is 0 Å². The minimum atomic E-state index is -1.45. The summed E-state index contributed by atoms with van der Waals surface area (Å²) < 4.78 is 5.54. The minimum absolute atomic E-state index is 0.103. The highest BCUT2D eigenvalue weighted by Crippen LogP contribution is 2.44. The quantitative estimate of drug-likeness (QED) is 0.488. The Bertz CT molecular complexity index is 1000. The highest BCUT2D eigenvalue weighted by atomic mass is 16.5. The number of aliphatic hydroxyl groups excluding tert-OH is 1. The molecule has 1 unspecified atom stereocenters. The molecule has 0 bridgehead atoms. The topological polar surface area (TPSA) is 125 Å². The second kappa shape index (κ2) is 9.62. The molecular formula is C25H28N2O6. The van der Waals surface area contributed by atoms with Crippen molar-refractivity contribution in [3.8, 4) is 11.1 Å². The van der Waals surface area contributed by atoms with Gasteiger partial charge in [-0.25, -0.2) is 9.59 Å². The van der Waals surface area contributed by atoms with E-state index in [1.54, 1.807) is 0 Å². The molecule has 4 rings (SSSR count). The van der Waals surface area contributed by atoms with Gasteiger partial charge in [0.1, 0.15) is 12.6 Å². The number of carbonyl (C=O) groups is 3. The smallest absolute Gasteiger partial charge is 0.407 e. The standard InChI is InChI=1S/C25H28N2O6/c1-14(28)21(24(30)31)26-23(29)22(15-7-6-8-15)27-25(32)33-13-20-18-11-4-2-9-16(18)17-10-3-5-12-19(17)20/h2-5,9-12,14-15,20-22,28H,6-8,13H2,1H3,(H,26,29)(H,27,32)(H,30,31)/t14-,21+,22?/m1/s1. The van der Waals surface area contributed by atoms with Crippen LogP contribution in [0.1, 0.15) is 43.2 Å². The van der Waals surface area contributed by atoms with Crippen LogP contribution in [-0.4, -0.2) is 53.0 Å². The van der Waals surface area contributed by atoms with E-state index < -0.39 is 36.2 Å². The Kier molecular flexibility index (Phi) is 6.65. The van der Waals surface area contributed by atoms with Crippen molar-refractivity contribution in [2.24, 2.45) is 5.92 Å². The number of benzene rings is 2. The van der Waals surface area contributed by atoms with Gasteiger partial charge in [-0.1, -0.05) is 55.0 Å². The second-order valence-electron chi connectivity index (χ2n) is 8.70. The number of nitrogens with one attached hydrogen (secondary N) is 2. The third kappa shape index (κ3) is 4.71. The van der Waals surface area contributed by atoms with Crippen LogP contribution in [0.2, 0.25) is 0 Å². The average molecular weight is 453 g/mol. The van der Waals surface area contributed by atoms with Gasteiger partial charge in [-0.2, -0.15) is 0 Å². The lowest BCUT2D eigenvalue weighted by atomic mass is 9.79. The highest BCUT2D eigenvalue weighted by Gasteiger charge is 2.37. The fraction of sp³-hybridized carbons (Fsp3) is 0.400. The molecule has 1 saturated carbocycles. The molecule has 0 heterocycles. The lowest BCUT2D eigenvalue weighted by molar-refractivity contribution is -0.145. The summed E-state index contributed by atoms with van der Waals surface area (Å²) in [5.74, 6) is -2.19. The number of alkyl carbamates (subject to hydrolysis) is 1. The fourth-order valence-electron chi connectivity index (χ4n) is 4.57. The number of rotatable bonds is 8. The Balaban J connectivity index is 1.42. The van der Waals surface area contributed by atoms with E-state index in [-0.39, 0.29) is 18.4 Å². The molecule has 0 aromatic heterocycles. The molecule has 8 nitrogen and oxygen atoms in total. The first-order valence-electron chi connectivity index (χ1n) is 11.2. The van der Waals surface area contributed by atoms with E-state index in [0.29, 0.717) is 0 Å². The molecule has 0 radical (unpaired) electrons. The molecule has 0 saturated heterocycles. The summed E-state index contributed by atoms with van der Waals surface area (Å²) in [6.07, 6.45) is 0.415. The molecule has 3 atom stereocenters. The largest absolute Gasteiger partial charge is 0.480 e. The predicted molar refractivity (Wildman–Crippen MR) is 121 cm³/mol. The van der Waals surface area contributed by atoms with Crippen LogP contribution in [-0.2, 0) is 14.3 Å². The Morgan fingerprint density at radius 2 is 1.58 bits per heavy atom. The number of fused-ring (bicyclic) bond motifs is 3. The van der Waals surface area contributed by atoms with Crippen LogP contribution in [0.5, 0.6) is 0 Å². The Morgan fingerprint density at radius 1 is 1.00 bits per heavy atom. The number of carboxylic acid groups (broad SMARTS) is 1. The maximum Gasteiger partial charge on any atom is 0.407 e. The van der Waals surface area contributed by atoms with Crippen LogP contribution in [0.25, 0.3) is 11.1 Å². The number of ether oxygens (including phenoxy) is 1. The summed E-state index contributed by atoms with van der Waals surface area (Å²) in [6.45, 7) is 1.40. The number of carboxylic acids is 1. The maximum absolute atomic E-state index is 12.8. The number of hydrogen-bond donors (Lipinski definition) is 4. The molecule has 2 aliphatic rings. The van der Waals surface area contributed by atoms with Crippen molar-refractivity contribution < 1.29 is 29.3 Å². The van der Waals surface area contributed by atoms with Crippen molar-refractivity contribution in [2.75, 3.05) is 6.61 Å². The first kappa shape index (κ1) is 22.8. The molecule has 2 aromatic carbocycles. The van der Waals surface area contributed by atoms with Crippen LogP contribution in [0.15, 0.2) is 48.5 Å². The van der Waals surface area contributed by atoms with Gasteiger partial charge in [-0.3, -0.25) is 4.79 Å².